The molecule has 0 saturated carbocycles. The van der Waals surface area contributed by atoms with Crippen molar-refractivity contribution in [3.05, 3.63) is 44.9 Å². The van der Waals surface area contributed by atoms with Crippen LogP contribution in [-0.4, -0.2) is 113 Å². The average molecular weight is 607 g/mol. The molecule has 0 aliphatic carbocycles. The van der Waals surface area contributed by atoms with Gasteiger partial charge in [-0.05, 0) is 38.2 Å². The molecule has 214 valence electrons. The predicted molar refractivity (Wildman–Crippen MR) is 151 cm³/mol. The molecular formula is C26H31ClN6O5S2. The first-order chi connectivity index (χ1) is 19.0. The summed E-state index contributed by atoms with van der Waals surface area (Å²) in [4.78, 5) is 40.5. The zero-order chi connectivity index (χ0) is 28.3. The van der Waals surface area contributed by atoms with E-state index in [0.717, 1.165) is 23.5 Å². The average Bonchev–Trinajstić information content (AvgIpc) is 3.62. The zero-order valence-corrected chi connectivity index (χ0v) is 24.6. The van der Waals surface area contributed by atoms with Crippen LogP contribution in [0.2, 0.25) is 5.02 Å². The molecule has 2 aromatic heterocycles. The van der Waals surface area contributed by atoms with E-state index in [1.807, 2.05) is 7.05 Å². The molecule has 40 heavy (non-hydrogen) atoms. The number of hydrogen-bond donors (Lipinski definition) is 2. The number of sulfonamides is 1. The van der Waals surface area contributed by atoms with Crippen molar-refractivity contribution in [2.24, 2.45) is 0 Å². The summed E-state index contributed by atoms with van der Waals surface area (Å²) < 4.78 is 28.8. The van der Waals surface area contributed by atoms with Crippen LogP contribution < -0.4 is 0 Å². The summed E-state index contributed by atoms with van der Waals surface area (Å²) >= 11 is 7.48. The van der Waals surface area contributed by atoms with Crippen LogP contribution in [0.1, 0.15) is 39.8 Å². The molecule has 2 saturated heterocycles. The molecule has 2 fully saturated rings. The van der Waals surface area contributed by atoms with Crippen LogP contribution in [0.5, 0.6) is 0 Å². The number of H-pyrrole nitrogens is 1. The quantitative estimate of drug-likeness (QED) is 0.454. The number of aromatic amines is 1. The summed E-state index contributed by atoms with van der Waals surface area (Å²) in [6.07, 6.45) is 0.0123. The number of β-amino-alcohol motifs (C(OH)–C–C–N with tert-alkyl or cyclic N) is 1. The van der Waals surface area contributed by atoms with Gasteiger partial charge in [0.15, 0.2) is 5.01 Å². The van der Waals surface area contributed by atoms with Crippen LogP contribution in [0.4, 0.5) is 0 Å². The molecule has 2 N–H and O–H groups in total. The van der Waals surface area contributed by atoms with Crippen LogP contribution in [0, 0.1) is 0 Å². The fourth-order valence-corrected chi connectivity index (χ4v) is 8.61. The van der Waals surface area contributed by atoms with Crippen molar-refractivity contribution in [1.82, 2.24) is 29.0 Å². The predicted octanol–water partition coefficient (Wildman–Crippen LogP) is 1.94. The maximum Gasteiger partial charge on any atom is 0.283 e. The van der Waals surface area contributed by atoms with E-state index >= 15 is 0 Å². The number of hydrogen-bond acceptors (Lipinski definition) is 8. The van der Waals surface area contributed by atoms with Gasteiger partial charge in [-0.2, -0.15) is 4.31 Å². The van der Waals surface area contributed by atoms with Crippen molar-refractivity contribution in [1.29, 1.82) is 0 Å². The Morgan fingerprint density at radius 2 is 2.02 bits per heavy atom. The van der Waals surface area contributed by atoms with E-state index in [9.17, 15) is 23.1 Å². The molecule has 3 aliphatic rings. The summed E-state index contributed by atoms with van der Waals surface area (Å²) in [5.41, 5.74) is 1.59. The van der Waals surface area contributed by atoms with E-state index in [0.29, 0.717) is 20.9 Å². The third-order valence-corrected chi connectivity index (χ3v) is 11.4. The zero-order valence-electron chi connectivity index (χ0n) is 22.2. The van der Waals surface area contributed by atoms with Crippen molar-refractivity contribution in [3.63, 3.8) is 0 Å². The number of benzene rings is 1. The van der Waals surface area contributed by atoms with Crippen LogP contribution in [-0.2, 0) is 21.2 Å². The Morgan fingerprint density at radius 1 is 1.23 bits per heavy atom. The third-order valence-electron chi connectivity index (χ3n) is 8.16. The summed E-state index contributed by atoms with van der Waals surface area (Å²) in [6, 6.07) is 6.23. The third kappa shape index (κ3) is 4.92. The van der Waals surface area contributed by atoms with Gasteiger partial charge in [-0.25, -0.2) is 13.4 Å². The number of fused-ring (bicyclic) bond motifs is 2. The Kier molecular flexibility index (Phi) is 7.16. The summed E-state index contributed by atoms with van der Waals surface area (Å²) in [6.45, 7) is 3.50. The van der Waals surface area contributed by atoms with Gasteiger partial charge >= 0.3 is 0 Å². The lowest BCUT2D eigenvalue weighted by Crippen LogP contribution is -2.59. The van der Waals surface area contributed by atoms with Gasteiger partial charge in [-0.15, -0.1) is 11.3 Å². The SMILES string of the molecule is CC1c2sc(C(=O)N3CCN(S(=O)(=O)c4cc5cc(Cl)ccc5[nH]4)CC3CN3CC(O)CC3=O)nc2CCN1C. The highest BCUT2D eigenvalue weighted by Crippen LogP contribution is 2.34. The highest BCUT2D eigenvalue weighted by atomic mass is 35.5. The van der Waals surface area contributed by atoms with Crippen LogP contribution in [0.3, 0.4) is 0 Å². The molecule has 2 amide bonds. The van der Waals surface area contributed by atoms with Gasteiger partial charge in [-0.3, -0.25) is 14.5 Å². The van der Waals surface area contributed by atoms with E-state index in [1.54, 1.807) is 29.2 Å². The number of likely N-dealkylation sites (N-methyl/N-ethyl adjacent to an activating group) is 1. The fraction of sp³-hybridized carbons (Fsp3) is 0.500. The number of aliphatic hydroxyl groups is 1. The molecule has 0 bridgehead atoms. The summed E-state index contributed by atoms with van der Waals surface area (Å²) in [7, 11) is -1.88. The first-order valence-electron chi connectivity index (χ1n) is 13.3. The van der Waals surface area contributed by atoms with Crippen molar-refractivity contribution in [3.8, 4) is 0 Å². The van der Waals surface area contributed by atoms with Gasteiger partial charge in [0.1, 0.15) is 5.03 Å². The Morgan fingerprint density at radius 3 is 2.77 bits per heavy atom. The van der Waals surface area contributed by atoms with Crippen LogP contribution in [0.15, 0.2) is 29.3 Å². The Bertz CT molecular complexity index is 1590. The molecule has 6 rings (SSSR count). The Balaban J connectivity index is 1.29. The second kappa shape index (κ2) is 10.4. The number of halogens is 1. The lowest BCUT2D eigenvalue weighted by Gasteiger charge is -2.41. The number of nitrogens with zero attached hydrogens (tertiary/aromatic N) is 5. The molecule has 5 heterocycles. The van der Waals surface area contributed by atoms with E-state index in [-0.39, 0.29) is 62.0 Å². The summed E-state index contributed by atoms with van der Waals surface area (Å²) in [5, 5.41) is 11.6. The number of nitrogens with one attached hydrogen (secondary N) is 1. The largest absolute Gasteiger partial charge is 0.391 e. The second-order valence-electron chi connectivity index (χ2n) is 10.8. The minimum atomic E-state index is -3.93. The highest BCUT2D eigenvalue weighted by Gasteiger charge is 2.41. The highest BCUT2D eigenvalue weighted by molar-refractivity contribution is 7.89. The first kappa shape index (κ1) is 27.6. The number of aromatic nitrogens is 2. The number of carbonyl (C=O) groups is 2. The number of thiazole rings is 1. The van der Waals surface area contributed by atoms with Crippen molar-refractivity contribution in [2.45, 2.75) is 43.0 Å². The second-order valence-corrected chi connectivity index (χ2v) is 14.1. The van der Waals surface area contributed by atoms with Crippen LogP contribution >= 0.6 is 22.9 Å². The molecule has 3 atom stereocenters. The molecule has 3 aliphatic heterocycles. The normalized spacial score (nSPS) is 24.7. The maximum atomic E-state index is 13.8. The number of likely N-dealkylation sites (tertiary alicyclic amines) is 1. The lowest BCUT2D eigenvalue weighted by molar-refractivity contribution is -0.128. The van der Waals surface area contributed by atoms with Crippen molar-refractivity contribution >= 4 is 55.7 Å². The lowest BCUT2D eigenvalue weighted by atomic mass is 10.1. The van der Waals surface area contributed by atoms with Gasteiger partial charge in [0, 0.05) is 72.5 Å². The number of amides is 2. The van der Waals surface area contributed by atoms with Crippen LogP contribution in [0.25, 0.3) is 10.9 Å². The Hall–Kier alpha value is -2.55. The van der Waals surface area contributed by atoms with Crippen molar-refractivity contribution in [2.75, 3.05) is 46.3 Å². The fourth-order valence-electron chi connectivity index (χ4n) is 5.77. The van der Waals surface area contributed by atoms with Gasteiger partial charge in [0.25, 0.3) is 15.9 Å². The molecule has 1 aromatic carbocycles. The molecule has 14 heteroatoms. The van der Waals surface area contributed by atoms with Crippen molar-refractivity contribution < 1.29 is 23.1 Å². The molecular weight excluding hydrogens is 576 g/mol. The molecule has 3 aromatic rings. The first-order valence-corrected chi connectivity index (χ1v) is 15.9. The number of rotatable bonds is 5. The van der Waals surface area contributed by atoms with E-state index in [4.69, 9.17) is 11.6 Å². The monoisotopic (exact) mass is 606 g/mol. The standard InChI is InChI=1S/C26H31ClN6O5S2/c1-15-24-21(5-6-30(15)2)29-25(39-24)26(36)33-8-7-32(13-18(33)12-31-14-19(34)11-23(31)35)40(37,38)22-10-16-9-17(27)3-4-20(16)28-22/h3-4,9-10,15,18-19,28,34H,5-8,11-14H2,1-2H3. The van der Waals surface area contributed by atoms with Gasteiger partial charge in [0.05, 0.1) is 24.3 Å². The van der Waals surface area contributed by atoms with Gasteiger partial charge in [0.2, 0.25) is 5.91 Å². The molecule has 0 radical (unpaired) electrons. The minimum Gasteiger partial charge on any atom is -0.391 e. The number of aliphatic hydroxyl groups excluding tert-OH is 1. The van der Waals surface area contributed by atoms with Gasteiger partial charge in [-0.1, -0.05) is 11.6 Å². The van der Waals surface area contributed by atoms with E-state index in [2.05, 4.69) is 21.8 Å². The topological polar surface area (TPSA) is 130 Å². The minimum absolute atomic E-state index is 0.00823. The van der Waals surface area contributed by atoms with E-state index < -0.39 is 22.2 Å². The molecule has 3 unspecified atom stereocenters. The molecule has 0 spiro atoms. The smallest absolute Gasteiger partial charge is 0.283 e. The van der Waals surface area contributed by atoms with E-state index in [1.165, 1.54) is 20.5 Å². The Labute approximate surface area is 241 Å². The number of piperazine rings is 1. The molecule has 11 nitrogen and oxygen atoms in total. The van der Waals surface area contributed by atoms with Gasteiger partial charge < -0.3 is 19.9 Å². The maximum absolute atomic E-state index is 13.8. The summed E-state index contributed by atoms with van der Waals surface area (Å²) in [5.74, 6) is -0.474. The number of carbonyl (C=O) groups excluding carboxylic acids is 2.